The van der Waals surface area contributed by atoms with Gasteiger partial charge in [-0.15, -0.1) is 0 Å². The molecule has 7 heteroatoms. The van der Waals surface area contributed by atoms with Gasteiger partial charge in [-0.3, -0.25) is 10.1 Å². The van der Waals surface area contributed by atoms with Crippen molar-refractivity contribution in [2.75, 3.05) is 0 Å². The Labute approximate surface area is 95.5 Å². The summed E-state index contributed by atoms with van der Waals surface area (Å²) in [4.78, 5) is 31.6. The molecular formula is C10H9NO6. The summed E-state index contributed by atoms with van der Waals surface area (Å²) in [6.45, 7) is 2.76. The highest BCUT2D eigenvalue weighted by Gasteiger charge is 2.27. The van der Waals surface area contributed by atoms with Gasteiger partial charge in [-0.05, 0) is 25.0 Å². The molecule has 0 saturated heterocycles. The zero-order chi connectivity index (χ0) is 13.3. The predicted molar refractivity (Wildman–Crippen MR) is 56.5 cm³/mol. The molecule has 0 radical (unpaired) electrons. The van der Waals surface area contributed by atoms with Gasteiger partial charge >= 0.3 is 11.9 Å². The van der Waals surface area contributed by atoms with Crippen LogP contribution in [0.5, 0.6) is 0 Å². The van der Waals surface area contributed by atoms with Gasteiger partial charge in [0.2, 0.25) is 0 Å². The third-order valence-electron chi connectivity index (χ3n) is 2.52. The Morgan fingerprint density at radius 2 is 1.71 bits per heavy atom. The summed E-state index contributed by atoms with van der Waals surface area (Å²) in [7, 11) is 0. The minimum absolute atomic E-state index is 0.0871. The molecule has 0 saturated carbocycles. The fourth-order valence-corrected chi connectivity index (χ4v) is 1.53. The monoisotopic (exact) mass is 239 g/mol. The molecule has 0 fully saturated rings. The zero-order valence-corrected chi connectivity index (χ0v) is 9.05. The molecule has 0 aromatic heterocycles. The van der Waals surface area contributed by atoms with Crippen LogP contribution in [0.15, 0.2) is 6.07 Å². The lowest BCUT2D eigenvalue weighted by Crippen LogP contribution is -2.11. The molecule has 0 spiro atoms. The summed E-state index contributed by atoms with van der Waals surface area (Å²) < 4.78 is 0. The van der Waals surface area contributed by atoms with E-state index >= 15 is 0 Å². The van der Waals surface area contributed by atoms with Gasteiger partial charge in [-0.1, -0.05) is 0 Å². The van der Waals surface area contributed by atoms with E-state index in [-0.39, 0.29) is 16.7 Å². The standard InChI is InChI=1S/C10H9NO6/c1-4-5(2)8(10(14)15)7(11(16)17)3-6(4)9(12)13/h3H,1-2H3,(H,12,13)(H,14,15). The Morgan fingerprint density at radius 1 is 1.18 bits per heavy atom. The fraction of sp³-hybridized carbons (Fsp3) is 0.200. The van der Waals surface area contributed by atoms with E-state index in [1.807, 2.05) is 0 Å². The largest absolute Gasteiger partial charge is 0.478 e. The molecule has 0 unspecified atom stereocenters. The minimum Gasteiger partial charge on any atom is -0.478 e. The van der Waals surface area contributed by atoms with Gasteiger partial charge in [0.05, 0.1) is 10.5 Å². The van der Waals surface area contributed by atoms with Crippen LogP contribution in [0, 0.1) is 24.0 Å². The van der Waals surface area contributed by atoms with E-state index in [1.165, 1.54) is 13.8 Å². The van der Waals surface area contributed by atoms with Crippen LogP contribution in [-0.2, 0) is 0 Å². The van der Waals surface area contributed by atoms with Crippen molar-refractivity contribution in [1.82, 2.24) is 0 Å². The predicted octanol–water partition coefficient (Wildman–Crippen LogP) is 1.61. The first-order valence-corrected chi connectivity index (χ1v) is 4.52. The van der Waals surface area contributed by atoms with Gasteiger partial charge in [-0.25, -0.2) is 9.59 Å². The lowest BCUT2D eigenvalue weighted by molar-refractivity contribution is -0.385. The average molecular weight is 239 g/mol. The number of carboxylic acid groups (broad SMARTS) is 2. The topological polar surface area (TPSA) is 118 Å². The first-order chi connectivity index (χ1) is 7.77. The van der Waals surface area contributed by atoms with Crippen molar-refractivity contribution in [2.45, 2.75) is 13.8 Å². The van der Waals surface area contributed by atoms with Crippen LogP contribution < -0.4 is 0 Å². The van der Waals surface area contributed by atoms with Crippen LogP contribution in [-0.4, -0.2) is 27.1 Å². The summed E-state index contributed by atoms with van der Waals surface area (Å²) >= 11 is 0. The molecule has 0 aliphatic rings. The Hall–Kier alpha value is -2.44. The van der Waals surface area contributed by atoms with E-state index in [0.717, 1.165) is 6.07 Å². The molecule has 2 N–H and O–H groups in total. The maximum atomic E-state index is 10.9. The van der Waals surface area contributed by atoms with E-state index in [0.29, 0.717) is 0 Å². The van der Waals surface area contributed by atoms with E-state index in [4.69, 9.17) is 10.2 Å². The fourth-order valence-electron chi connectivity index (χ4n) is 1.53. The number of hydrogen-bond acceptors (Lipinski definition) is 4. The summed E-state index contributed by atoms with van der Waals surface area (Å²) in [5, 5.41) is 28.5. The molecule has 17 heavy (non-hydrogen) atoms. The SMILES string of the molecule is Cc1c(C(=O)O)cc([N+](=O)[O-])c(C(=O)O)c1C. The molecule has 1 aromatic rings. The van der Waals surface area contributed by atoms with E-state index in [1.54, 1.807) is 0 Å². The Balaban J connectivity index is 3.75. The third kappa shape index (κ3) is 2.07. The van der Waals surface area contributed by atoms with Gasteiger partial charge in [0, 0.05) is 6.07 Å². The minimum atomic E-state index is -1.45. The molecule has 0 amide bonds. The number of carbonyl (C=O) groups is 2. The molecule has 1 aromatic carbocycles. The van der Waals surface area contributed by atoms with Crippen LogP contribution >= 0.6 is 0 Å². The highest BCUT2D eigenvalue weighted by atomic mass is 16.6. The van der Waals surface area contributed by atoms with Crippen molar-refractivity contribution < 1.29 is 24.7 Å². The molecule has 0 aliphatic heterocycles. The first-order valence-electron chi connectivity index (χ1n) is 4.52. The summed E-state index contributed by atoms with van der Waals surface area (Å²) in [6, 6.07) is 0.772. The van der Waals surface area contributed by atoms with E-state index < -0.39 is 28.1 Å². The number of carboxylic acids is 2. The maximum Gasteiger partial charge on any atom is 0.343 e. The molecule has 0 bridgehead atoms. The molecule has 1 rings (SSSR count). The number of rotatable bonds is 3. The third-order valence-corrected chi connectivity index (χ3v) is 2.52. The van der Waals surface area contributed by atoms with E-state index in [2.05, 4.69) is 0 Å². The normalized spacial score (nSPS) is 10.0. The maximum absolute atomic E-state index is 10.9. The summed E-state index contributed by atoms with van der Waals surface area (Å²) in [6.07, 6.45) is 0. The second kappa shape index (κ2) is 4.20. The van der Waals surface area contributed by atoms with Gasteiger partial charge in [0.25, 0.3) is 5.69 Å². The second-order valence-electron chi connectivity index (χ2n) is 3.44. The van der Waals surface area contributed by atoms with Crippen LogP contribution in [0.25, 0.3) is 0 Å². The molecule has 0 atom stereocenters. The Bertz CT molecular complexity index is 534. The van der Waals surface area contributed by atoms with Crippen LogP contribution in [0.3, 0.4) is 0 Å². The van der Waals surface area contributed by atoms with Crippen molar-refractivity contribution >= 4 is 17.6 Å². The lowest BCUT2D eigenvalue weighted by Gasteiger charge is -2.08. The number of nitrogens with zero attached hydrogens (tertiary/aromatic N) is 1. The van der Waals surface area contributed by atoms with Crippen LogP contribution in [0.2, 0.25) is 0 Å². The van der Waals surface area contributed by atoms with Crippen molar-refractivity contribution in [2.24, 2.45) is 0 Å². The van der Waals surface area contributed by atoms with Gasteiger partial charge in [0.15, 0.2) is 0 Å². The number of benzene rings is 1. The van der Waals surface area contributed by atoms with E-state index in [9.17, 15) is 19.7 Å². The average Bonchev–Trinajstić information content (AvgIpc) is 2.19. The second-order valence-corrected chi connectivity index (χ2v) is 3.44. The van der Waals surface area contributed by atoms with Crippen molar-refractivity contribution in [1.29, 1.82) is 0 Å². The van der Waals surface area contributed by atoms with Crippen molar-refractivity contribution in [3.63, 3.8) is 0 Å². The highest BCUT2D eigenvalue weighted by Crippen LogP contribution is 2.28. The first kappa shape index (κ1) is 12.6. The molecule has 0 aliphatic carbocycles. The zero-order valence-electron chi connectivity index (χ0n) is 9.05. The molecule has 0 heterocycles. The smallest absolute Gasteiger partial charge is 0.343 e. The van der Waals surface area contributed by atoms with Crippen molar-refractivity contribution in [3.05, 3.63) is 38.4 Å². The van der Waals surface area contributed by atoms with Gasteiger partial charge in [-0.2, -0.15) is 0 Å². The number of hydrogen-bond donors (Lipinski definition) is 2. The van der Waals surface area contributed by atoms with Gasteiger partial charge in [0.1, 0.15) is 5.56 Å². The summed E-state index contributed by atoms with van der Waals surface area (Å²) in [5.41, 5.74) is -1.15. The summed E-state index contributed by atoms with van der Waals surface area (Å²) in [5.74, 6) is -2.78. The number of nitro benzene ring substituents is 1. The van der Waals surface area contributed by atoms with Gasteiger partial charge < -0.3 is 10.2 Å². The number of aromatic carboxylic acids is 2. The Kier molecular flexibility index (Phi) is 3.12. The Morgan fingerprint density at radius 3 is 2.06 bits per heavy atom. The highest BCUT2D eigenvalue weighted by molar-refractivity contribution is 5.98. The van der Waals surface area contributed by atoms with Crippen LogP contribution in [0.1, 0.15) is 31.8 Å². The molecule has 90 valence electrons. The van der Waals surface area contributed by atoms with Crippen molar-refractivity contribution in [3.8, 4) is 0 Å². The molecular weight excluding hydrogens is 230 g/mol. The molecule has 7 nitrogen and oxygen atoms in total. The van der Waals surface area contributed by atoms with Crippen LogP contribution in [0.4, 0.5) is 5.69 Å². The number of nitro groups is 1. The lowest BCUT2D eigenvalue weighted by atomic mass is 9.96. The quantitative estimate of drug-likeness (QED) is 0.611.